The van der Waals surface area contributed by atoms with Crippen LogP contribution in [0.5, 0.6) is 0 Å². The topological polar surface area (TPSA) is 97.2 Å². The van der Waals surface area contributed by atoms with Crippen molar-refractivity contribution in [3.63, 3.8) is 0 Å². The SMILES string of the molecule is Cn1cnnc1C1(c2cc(NC3CCCC3)nc(N3Cc4c(cc(CNC5(C)CCC5)cc4C(F)(F)F)C3=O)c2)CCOCC1. The average molecular weight is 624 g/mol. The van der Waals surface area contributed by atoms with Crippen molar-refractivity contribution in [3.8, 4) is 0 Å². The van der Waals surface area contributed by atoms with Gasteiger partial charge in [-0.15, -0.1) is 10.2 Å². The number of nitrogens with zero attached hydrogens (tertiary/aromatic N) is 5. The molecule has 0 radical (unpaired) electrons. The lowest BCUT2D eigenvalue weighted by molar-refractivity contribution is -0.138. The van der Waals surface area contributed by atoms with Crippen LogP contribution in [0.3, 0.4) is 0 Å². The lowest BCUT2D eigenvalue weighted by atomic mass is 9.73. The lowest BCUT2D eigenvalue weighted by Crippen LogP contribution is -2.47. The molecule has 2 aromatic heterocycles. The fourth-order valence-corrected chi connectivity index (χ4v) is 7.57. The standard InChI is InChI=1S/C33H40F3N7O2/c1-31(8-5-9-31)37-18-21-14-24-25(26(15-21)33(34,35)36)19-43(29(24)44)28-17-22(16-27(40-28)39-23-6-3-4-7-23)32(10-12-45-13-11-32)30-41-38-20-42(30)2/h14-17,20,23,37H,3-13,18-19H2,1-2H3,(H,39,40). The molecule has 0 spiro atoms. The number of hydrogen-bond acceptors (Lipinski definition) is 7. The number of hydrogen-bond donors (Lipinski definition) is 2. The number of carbonyl (C=O) groups excluding carboxylic acids is 1. The molecule has 0 unspecified atom stereocenters. The van der Waals surface area contributed by atoms with Crippen molar-refractivity contribution in [1.82, 2.24) is 25.1 Å². The highest BCUT2D eigenvalue weighted by Gasteiger charge is 2.44. The van der Waals surface area contributed by atoms with E-state index in [9.17, 15) is 18.0 Å². The quantitative estimate of drug-likeness (QED) is 0.324. The minimum absolute atomic E-state index is 0.00214. The fourth-order valence-electron chi connectivity index (χ4n) is 7.57. The van der Waals surface area contributed by atoms with E-state index in [-0.39, 0.29) is 35.8 Å². The lowest BCUT2D eigenvalue weighted by Gasteiger charge is -2.39. The zero-order valence-corrected chi connectivity index (χ0v) is 25.8. The summed E-state index contributed by atoms with van der Waals surface area (Å²) in [7, 11) is 1.91. The molecule has 9 nitrogen and oxygen atoms in total. The zero-order valence-electron chi connectivity index (χ0n) is 25.8. The molecule has 2 aliphatic heterocycles. The first-order valence-electron chi connectivity index (χ1n) is 16.1. The summed E-state index contributed by atoms with van der Waals surface area (Å²) in [5.74, 6) is 1.25. The Kier molecular flexibility index (Phi) is 7.63. The van der Waals surface area contributed by atoms with Crippen LogP contribution in [0.4, 0.5) is 24.8 Å². The third-order valence-electron chi connectivity index (χ3n) is 10.4. The smallest absolute Gasteiger partial charge is 0.381 e. The summed E-state index contributed by atoms with van der Waals surface area (Å²) >= 11 is 0. The van der Waals surface area contributed by atoms with Crippen LogP contribution in [0.15, 0.2) is 30.6 Å². The summed E-state index contributed by atoms with van der Waals surface area (Å²) in [5, 5.41) is 15.6. The van der Waals surface area contributed by atoms with E-state index in [1.165, 1.54) is 11.0 Å². The number of fused-ring (bicyclic) bond motifs is 1. The largest absolute Gasteiger partial charge is 0.416 e. The Morgan fingerprint density at radius 1 is 1.04 bits per heavy atom. The van der Waals surface area contributed by atoms with Crippen LogP contribution in [0.25, 0.3) is 0 Å². The molecule has 12 heteroatoms. The molecule has 0 bridgehead atoms. The maximum Gasteiger partial charge on any atom is 0.416 e. The number of halogens is 3. The van der Waals surface area contributed by atoms with E-state index < -0.39 is 23.1 Å². The van der Waals surface area contributed by atoms with Crippen molar-refractivity contribution < 1.29 is 22.7 Å². The van der Waals surface area contributed by atoms with Crippen molar-refractivity contribution in [3.05, 3.63) is 64.2 Å². The van der Waals surface area contributed by atoms with Gasteiger partial charge in [0.05, 0.1) is 17.5 Å². The van der Waals surface area contributed by atoms with Gasteiger partial charge in [-0.05, 0) is 92.8 Å². The van der Waals surface area contributed by atoms with E-state index in [0.717, 1.165) is 56.3 Å². The molecule has 2 saturated carbocycles. The number of amides is 1. The van der Waals surface area contributed by atoms with Gasteiger partial charge in [-0.1, -0.05) is 12.8 Å². The number of aryl methyl sites for hydroxylation is 1. The molecule has 240 valence electrons. The van der Waals surface area contributed by atoms with E-state index in [4.69, 9.17) is 9.72 Å². The van der Waals surface area contributed by atoms with Gasteiger partial charge in [-0.2, -0.15) is 13.2 Å². The van der Waals surface area contributed by atoms with E-state index in [1.807, 2.05) is 23.7 Å². The molecule has 4 aliphatic rings. The van der Waals surface area contributed by atoms with E-state index in [0.29, 0.717) is 43.3 Å². The maximum atomic E-state index is 14.5. The Hall–Kier alpha value is -3.51. The molecule has 4 heterocycles. The van der Waals surface area contributed by atoms with Gasteiger partial charge in [0.2, 0.25) is 0 Å². The van der Waals surface area contributed by atoms with Crippen LogP contribution < -0.4 is 15.5 Å². The number of benzene rings is 1. The van der Waals surface area contributed by atoms with Gasteiger partial charge in [0.25, 0.3) is 5.91 Å². The molecule has 45 heavy (non-hydrogen) atoms. The molecule has 3 fully saturated rings. The second-order valence-electron chi connectivity index (χ2n) is 13.5. The van der Waals surface area contributed by atoms with Crippen LogP contribution in [0, 0.1) is 0 Å². The zero-order chi connectivity index (χ0) is 31.4. The predicted molar refractivity (Wildman–Crippen MR) is 163 cm³/mol. The van der Waals surface area contributed by atoms with E-state index in [1.54, 1.807) is 12.4 Å². The minimum atomic E-state index is -4.60. The monoisotopic (exact) mass is 623 g/mol. The average Bonchev–Trinajstić information content (AvgIpc) is 3.75. The van der Waals surface area contributed by atoms with Crippen LogP contribution in [-0.4, -0.2) is 50.5 Å². The molecule has 0 atom stereocenters. The van der Waals surface area contributed by atoms with Gasteiger partial charge in [0.1, 0.15) is 23.8 Å². The first kappa shape index (κ1) is 30.2. The summed E-state index contributed by atoms with van der Waals surface area (Å²) in [6.07, 6.45) is 5.72. The van der Waals surface area contributed by atoms with Crippen LogP contribution >= 0.6 is 0 Å². The molecule has 2 aliphatic carbocycles. The Labute approximate surface area is 260 Å². The van der Waals surface area contributed by atoms with Crippen molar-refractivity contribution in [1.29, 1.82) is 0 Å². The number of aromatic nitrogens is 4. The molecule has 7 rings (SSSR count). The highest BCUT2D eigenvalue weighted by molar-refractivity contribution is 6.10. The highest BCUT2D eigenvalue weighted by atomic mass is 19.4. The summed E-state index contributed by atoms with van der Waals surface area (Å²) in [5.41, 5.74) is 0.0420. The van der Waals surface area contributed by atoms with Crippen molar-refractivity contribution in [2.24, 2.45) is 7.05 Å². The fraction of sp³-hybridized carbons (Fsp3) is 0.576. The number of carbonyl (C=O) groups is 1. The van der Waals surface area contributed by atoms with Gasteiger partial charge in [-0.3, -0.25) is 9.69 Å². The number of ether oxygens (including phenoxy) is 1. The van der Waals surface area contributed by atoms with Crippen LogP contribution in [0.1, 0.15) is 103 Å². The highest BCUT2D eigenvalue weighted by Crippen LogP contribution is 2.44. The second kappa shape index (κ2) is 11.4. The first-order chi connectivity index (χ1) is 21.5. The van der Waals surface area contributed by atoms with E-state index >= 15 is 0 Å². The van der Waals surface area contributed by atoms with Gasteiger partial charge >= 0.3 is 6.18 Å². The van der Waals surface area contributed by atoms with Crippen molar-refractivity contribution in [2.75, 3.05) is 23.4 Å². The Morgan fingerprint density at radius 3 is 2.44 bits per heavy atom. The van der Waals surface area contributed by atoms with Gasteiger partial charge in [0.15, 0.2) is 0 Å². The molecular formula is C33H40F3N7O2. The maximum absolute atomic E-state index is 14.5. The Bertz CT molecular complexity index is 1590. The van der Waals surface area contributed by atoms with Crippen LogP contribution in [-0.2, 0) is 36.5 Å². The van der Waals surface area contributed by atoms with Crippen molar-refractivity contribution >= 4 is 17.5 Å². The Morgan fingerprint density at radius 2 is 1.80 bits per heavy atom. The Balaban J connectivity index is 1.29. The number of pyridine rings is 1. The molecule has 1 aromatic carbocycles. The van der Waals surface area contributed by atoms with Gasteiger partial charge < -0.3 is 19.9 Å². The van der Waals surface area contributed by atoms with Crippen LogP contribution in [0.2, 0.25) is 0 Å². The minimum Gasteiger partial charge on any atom is -0.381 e. The number of anilines is 2. The summed E-state index contributed by atoms with van der Waals surface area (Å²) in [6, 6.07) is 6.95. The second-order valence-corrected chi connectivity index (χ2v) is 13.5. The summed E-state index contributed by atoms with van der Waals surface area (Å²) in [4.78, 5) is 20.3. The molecule has 1 amide bonds. The number of rotatable bonds is 8. The predicted octanol–water partition coefficient (Wildman–Crippen LogP) is 5.87. The molecule has 1 saturated heterocycles. The molecule has 3 aromatic rings. The summed E-state index contributed by atoms with van der Waals surface area (Å²) < 4.78 is 51.1. The van der Waals surface area contributed by atoms with Gasteiger partial charge in [0, 0.05) is 44.0 Å². The normalized spacial score (nSPS) is 21.2. The number of nitrogens with one attached hydrogen (secondary N) is 2. The first-order valence-corrected chi connectivity index (χ1v) is 16.1. The third-order valence-corrected chi connectivity index (χ3v) is 10.4. The number of alkyl halides is 3. The van der Waals surface area contributed by atoms with Gasteiger partial charge in [-0.25, -0.2) is 4.98 Å². The van der Waals surface area contributed by atoms with E-state index in [2.05, 4.69) is 27.8 Å². The summed E-state index contributed by atoms with van der Waals surface area (Å²) in [6.45, 7) is 3.20. The third kappa shape index (κ3) is 5.60. The molecular weight excluding hydrogens is 583 g/mol. The molecule has 2 N–H and O–H groups in total. The van der Waals surface area contributed by atoms with Crippen molar-refractivity contribution in [2.45, 2.75) is 101 Å².